The maximum Gasteiger partial charge on any atom is 0.0314 e. The van der Waals surface area contributed by atoms with E-state index < -0.39 is 0 Å². The average molecular weight is 322 g/mol. The Labute approximate surface area is 116 Å². The molecule has 1 aromatic rings. The number of rotatable bonds is 8. The summed E-state index contributed by atoms with van der Waals surface area (Å²) in [6.07, 6.45) is 2.35. The molecule has 16 heavy (non-hydrogen) atoms. The Morgan fingerprint density at radius 3 is 2.88 bits per heavy atom. The van der Waals surface area contributed by atoms with Gasteiger partial charge < -0.3 is 5.32 Å². The van der Waals surface area contributed by atoms with Crippen LogP contribution in [0.25, 0.3) is 0 Å². The Morgan fingerprint density at radius 2 is 2.31 bits per heavy atom. The standard InChI is InChI=1S/C12H20BrNS2/c1-3-6-14-10(9-15-4-2)8-12-11(13)5-7-16-12/h5,7,10,14H,3-4,6,8-9H2,1-2H3. The second kappa shape index (κ2) is 8.56. The molecule has 0 aliphatic carbocycles. The van der Waals surface area contributed by atoms with Crippen molar-refractivity contribution in [2.45, 2.75) is 32.7 Å². The molecule has 1 N–H and O–H groups in total. The van der Waals surface area contributed by atoms with E-state index in [9.17, 15) is 0 Å². The summed E-state index contributed by atoms with van der Waals surface area (Å²) in [7, 11) is 0. The number of thiophene rings is 1. The van der Waals surface area contributed by atoms with Gasteiger partial charge in [-0.15, -0.1) is 11.3 Å². The van der Waals surface area contributed by atoms with Crippen LogP contribution in [0.3, 0.4) is 0 Å². The van der Waals surface area contributed by atoms with Gasteiger partial charge in [-0.25, -0.2) is 0 Å². The lowest BCUT2D eigenvalue weighted by atomic mass is 10.2. The summed E-state index contributed by atoms with van der Waals surface area (Å²) in [6, 6.07) is 2.75. The lowest BCUT2D eigenvalue weighted by Gasteiger charge is -2.17. The van der Waals surface area contributed by atoms with Gasteiger partial charge in [0.25, 0.3) is 0 Å². The molecule has 0 bridgehead atoms. The van der Waals surface area contributed by atoms with Gasteiger partial charge in [-0.2, -0.15) is 11.8 Å². The number of hydrogen-bond acceptors (Lipinski definition) is 3. The van der Waals surface area contributed by atoms with Crippen molar-refractivity contribution in [1.82, 2.24) is 5.32 Å². The van der Waals surface area contributed by atoms with E-state index in [2.05, 4.69) is 46.5 Å². The first-order valence-corrected chi connectivity index (χ1v) is 8.63. The lowest BCUT2D eigenvalue weighted by Crippen LogP contribution is -2.33. The van der Waals surface area contributed by atoms with Gasteiger partial charge in [0.1, 0.15) is 0 Å². The molecule has 1 atom stereocenters. The Bertz CT molecular complexity index is 280. The third-order valence-electron chi connectivity index (χ3n) is 2.33. The van der Waals surface area contributed by atoms with Gasteiger partial charge in [0.05, 0.1) is 0 Å². The zero-order chi connectivity index (χ0) is 11.8. The molecule has 0 aliphatic heterocycles. The van der Waals surface area contributed by atoms with Crippen molar-refractivity contribution in [3.8, 4) is 0 Å². The minimum Gasteiger partial charge on any atom is -0.313 e. The quantitative estimate of drug-likeness (QED) is 0.771. The van der Waals surface area contributed by atoms with Gasteiger partial charge in [0.15, 0.2) is 0 Å². The predicted octanol–water partition coefficient (Wildman–Crippen LogP) is 4.17. The van der Waals surface area contributed by atoms with E-state index in [1.165, 1.54) is 27.3 Å². The van der Waals surface area contributed by atoms with Crippen LogP contribution in [0.4, 0.5) is 0 Å². The van der Waals surface area contributed by atoms with Gasteiger partial charge in [0, 0.05) is 21.1 Å². The maximum absolute atomic E-state index is 3.63. The number of nitrogens with one attached hydrogen (secondary N) is 1. The molecule has 0 aliphatic rings. The molecule has 1 nitrogen and oxygen atoms in total. The molecule has 0 saturated heterocycles. The monoisotopic (exact) mass is 321 g/mol. The third kappa shape index (κ3) is 5.21. The molecule has 0 aromatic carbocycles. The van der Waals surface area contributed by atoms with Crippen LogP contribution in [0, 0.1) is 0 Å². The first-order chi connectivity index (χ1) is 7.77. The van der Waals surface area contributed by atoms with Gasteiger partial charge in [-0.05, 0) is 52.5 Å². The Morgan fingerprint density at radius 1 is 1.50 bits per heavy atom. The molecule has 1 unspecified atom stereocenters. The van der Waals surface area contributed by atoms with Crippen molar-refractivity contribution in [2.24, 2.45) is 0 Å². The lowest BCUT2D eigenvalue weighted by molar-refractivity contribution is 0.552. The first-order valence-electron chi connectivity index (χ1n) is 5.80. The van der Waals surface area contributed by atoms with Crippen molar-refractivity contribution >= 4 is 39.0 Å². The SMILES string of the molecule is CCCNC(CSCC)Cc1sccc1Br. The molecule has 4 heteroatoms. The van der Waals surface area contributed by atoms with Crippen LogP contribution < -0.4 is 5.32 Å². The van der Waals surface area contributed by atoms with E-state index in [-0.39, 0.29) is 0 Å². The number of hydrogen-bond donors (Lipinski definition) is 1. The predicted molar refractivity (Wildman–Crippen MR) is 80.8 cm³/mol. The van der Waals surface area contributed by atoms with Crippen LogP contribution in [0.5, 0.6) is 0 Å². The van der Waals surface area contributed by atoms with E-state index >= 15 is 0 Å². The summed E-state index contributed by atoms with van der Waals surface area (Å²) < 4.78 is 1.27. The molecule has 0 fully saturated rings. The normalized spacial score (nSPS) is 12.9. The maximum atomic E-state index is 3.63. The van der Waals surface area contributed by atoms with Crippen molar-refractivity contribution < 1.29 is 0 Å². The van der Waals surface area contributed by atoms with E-state index in [4.69, 9.17) is 0 Å². The summed E-state index contributed by atoms with van der Waals surface area (Å²) in [6.45, 7) is 5.57. The zero-order valence-corrected chi connectivity index (χ0v) is 13.2. The molecule has 92 valence electrons. The topological polar surface area (TPSA) is 12.0 Å². The van der Waals surface area contributed by atoms with Crippen molar-refractivity contribution in [1.29, 1.82) is 0 Å². The Balaban J connectivity index is 2.45. The number of thioether (sulfide) groups is 1. The highest BCUT2D eigenvalue weighted by Crippen LogP contribution is 2.24. The Hall–Kier alpha value is 0.490. The van der Waals surface area contributed by atoms with Crippen LogP contribution in [-0.2, 0) is 6.42 Å². The van der Waals surface area contributed by atoms with Crippen LogP contribution in [-0.4, -0.2) is 24.1 Å². The van der Waals surface area contributed by atoms with E-state index in [0.29, 0.717) is 6.04 Å². The highest BCUT2D eigenvalue weighted by Gasteiger charge is 2.11. The molecule has 0 spiro atoms. The summed E-state index contributed by atoms with van der Waals surface area (Å²) in [5, 5.41) is 5.79. The third-order valence-corrected chi connectivity index (χ3v) is 5.32. The fraction of sp³-hybridized carbons (Fsp3) is 0.667. The van der Waals surface area contributed by atoms with Gasteiger partial charge in [-0.3, -0.25) is 0 Å². The van der Waals surface area contributed by atoms with E-state index in [1.807, 2.05) is 23.1 Å². The van der Waals surface area contributed by atoms with Crippen LogP contribution in [0.15, 0.2) is 15.9 Å². The average Bonchev–Trinajstić information content (AvgIpc) is 2.68. The second-order valence-electron chi connectivity index (χ2n) is 3.71. The molecule has 1 aromatic heterocycles. The van der Waals surface area contributed by atoms with Gasteiger partial charge in [0.2, 0.25) is 0 Å². The van der Waals surface area contributed by atoms with Crippen LogP contribution in [0.2, 0.25) is 0 Å². The minimum atomic E-state index is 0.611. The summed E-state index contributed by atoms with van der Waals surface area (Å²) in [4.78, 5) is 1.46. The van der Waals surface area contributed by atoms with Crippen LogP contribution >= 0.6 is 39.0 Å². The Kier molecular flexibility index (Phi) is 7.79. The molecular formula is C12H20BrNS2. The molecule has 0 amide bonds. The number of halogens is 1. The fourth-order valence-corrected chi connectivity index (χ4v) is 3.84. The van der Waals surface area contributed by atoms with Crippen molar-refractivity contribution in [3.63, 3.8) is 0 Å². The summed E-state index contributed by atoms with van der Waals surface area (Å²) >= 11 is 7.48. The summed E-state index contributed by atoms with van der Waals surface area (Å²) in [5.41, 5.74) is 0. The second-order valence-corrected chi connectivity index (χ2v) is 6.88. The van der Waals surface area contributed by atoms with Gasteiger partial charge in [-0.1, -0.05) is 13.8 Å². The highest BCUT2D eigenvalue weighted by molar-refractivity contribution is 9.10. The molecule has 0 saturated carbocycles. The van der Waals surface area contributed by atoms with Crippen LogP contribution in [0.1, 0.15) is 25.1 Å². The smallest absolute Gasteiger partial charge is 0.0314 e. The molecule has 1 heterocycles. The molecule has 1 rings (SSSR count). The zero-order valence-electron chi connectivity index (χ0n) is 9.96. The largest absolute Gasteiger partial charge is 0.313 e. The minimum absolute atomic E-state index is 0.611. The fourth-order valence-electron chi connectivity index (χ4n) is 1.49. The molecular weight excluding hydrogens is 302 g/mol. The van der Waals surface area contributed by atoms with E-state index in [1.54, 1.807) is 0 Å². The molecule has 0 radical (unpaired) electrons. The van der Waals surface area contributed by atoms with Gasteiger partial charge >= 0.3 is 0 Å². The first kappa shape index (κ1) is 14.6. The summed E-state index contributed by atoms with van der Waals surface area (Å²) in [5.74, 6) is 2.41. The van der Waals surface area contributed by atoms with Crippen molar-refractivity contribution in [2.75, 3.05) is 18.1 Å². The van der Waals surface area contributed by atoms with E-state index in [0.717, 1.165) is 13.0 Å². The van der Waals surface area contributed by atoms with Crippen molar-refractivity contribution in [3.05, 3.63) is 20.8 Å². The highest BCUT2D eigenvalue weighted by atomic mass is 79.9.